The summed E-state index contributed by atoms with van der Waals surface area (Å²) in [5, 5.41) is 12.1. The molecule has 0 aliphatic carbocycles. The van der Waals surface area contributed by atoms with Crippen molar-refractivity contribution in [3.8, 4) is 6.07 Å². The van der Waals surface area contributed by atoms with Crippen molar-refractivity contribution in [2.45, 2.75) is 18.6 Å². The Morgan fingerprint density at radius 3 is 2.67 bits per heavy atom. The Morgan fingerprint density at radius 1 is 1.38 bits per heavy atom. The minimum Gasteiger partial charge on any atom is -0.316 e. The Balaban J connectivity index is 1.97. The van der Waals surface area contributed by atoms with E-state index in [1.54, 1.807) is 31.3 Å². The van der Waals surface area contributed by atoms with Gasteiger partial charge in [0.15, 0.2) is 0 Å². The molecule has 1 aliphatic heterocycles. The highest BCUT2D eigenvalue weighted by molar-refractivity contribution is 7.88. The second-order valence-corrected chi connectivity index (χ2v) is 7.63. The molecule has 21 heavy (non-hydrogen) atoms. The van der Waals surface area contributed by atoms with Gasteiger partial charge in [-0.05, 0) is 49.5 Å². The highest BCUT2D eigenvalue weighted by Gasteiger charge is 2.23. The molecule has 1 saturated heterocycles. The Morgan fingerprint density at radius 2 is 2.10 bits per heavy atom. The molecule has 0 spiro atoms. The molecule has 1 unspecified atom stereocenters. The number of hydrogen-bond donors (Lipinski definition) is 1. The maximum absolute atomic E-state index is 12.4. The molecule has 5 nitrogen and oxygen atoms in total. The molecule has 2 rings (SSSR count). The molecule has 1 aromatic rings. The van der Waals surface area contributed by atoms with Crippen LogP contribution in [0.2, 0.25) is 0 Å². The molecule has 0 amide bonds. The number of piperidine rings is 1. The molecule has 1 heterocycles. The normalized spacial score (nSPS) is 19.4. The molecular weight excluding hydrogens is 286 g/mol. The van der Waals surface area contributed by atoms with E-state index >= 15 is 0 Å². The molecule has 114 valence electrons. The van der Waals surface area contributed by atoms with Gasteiger partial charge in [0.2, 0.25) is 10.0 Å². The van der Waals surface area contributed by atoms with Gasteiger partial charge in [-0.15, -0.1) is 0 Å². The van der Waals surface area contributed by atoms with E-state index in [1.165, 1.54) is 4.31 Å². The predicted octanol–water partition coefficient (Wildman–Crippen LogP) is 1.32. The van der Waals surface area contributed by atoms with Gasteiger partial charge < -0.3 is 5.32 Å². The summed E-state index contributed by atoms with van der Waals surface area (Å²) < 4.78 is 26.2. The third-order valence-corrected chi connectivity index (χ3v) is 5.62. The van der Waals surface area contributed by atoms with Crippen molar-refractivity contribution in [1.82, 2.24) is 9.62 Å². The van der Waals surface area contributed by atoms with Crippen molar-refractivity contribution >= 4 is 10.0 Å². The number of benzene rings is 1. The van der Waals surface area contributed by atoms with Crippen LogP contribution < -0.4 is 5.32 Å². The first-order chi connectivity index (χ1) is 10.0. The van der Waals surface area contributed by atoms with Crippen LogP contribution in [-0.4, -0.2) is 39.4 Å². The predicted molar refractivity (Wildman–Crippen MR) is 82.0 cm³/mol. The average molecular weight is 307 g/mol. The minimum absolute atomic E-state index is 0.0185. The standard InChI is InChI=1S/C15H21N3O2S/c1-18(11-15-3-2-8-17-10-15)21(19,20)12-14-6-4-13(9-16)5-7-14/h4-7,15,17H,2-3,8,10-12H2,1H3. The van der Waals surface area contributed by atoms with Crippen LogP contribution in [0, 0.1) is 17.2 Å². The van der Waals surface area contributed by atoms with Crippen molar-refractivity contribution in [1.29, 1.82) is 5.26 Å². The second-order valence-electron chi connectivity index (χ2n) is 5.56. The third kappa shape index (κ3) is 4.53. The third-order valence-electron chi connectivity index (χ3n) is 3.82. The van der Waals surface area contributed by atoms with Gasteiger partial charge in [0.25, 0.3) is 0 Å². The lowest BCUT2D eigenvalue weighted by Crippen LogP contribution is -2.39. The Hall–Kier alpha value is -1.42. The van der Waals surface area contributed by atoms with Crippen LogP contribution in [0.5, 0.6) is 0 Å². The summed E-state index contributed by atoms with van der Waals surface area (Å²) in [7, 11) is -1.66. The van der Waals surface area contributed by atoms with Gasteiger partial charge in [0, 0.05) is 13.6 Å². The van der Waals surface area contributed by atoms with E-state index in [0.29, 0.717) is 23.6 Å². The molecule has 0 bridgehead atoms. The monoisotopic (exact) mass is 307 g/mol. The SMILES string of the molecule is CN(CC1CCCNC1)S(=O)(=O)Cc1ccc(C#N)cc1. The fourth-order valence-corrected chi connectivity index (χ4v) is 3.83. The van der Waals surface area contributed by atoms with Crippen LogP contribution >= 0.6 is 0 Å². The van der Waals surface area contributed by atoms with E-state index in [9.17, 15) is 8.42 Å². The lowest BCUT2D eigenvalue weighted by molar-refractivity contribution is 0.314. The van der Waals surface area contributed by atoms with E-state index < -0.39 is 10.0 Å². The van der Waals surface area contributed by atoms with Crippen molar-refractivity contribution in [3.05, 3.63) is 35.4 Å². The summed E-state index contributed by atoms with van der Waals surface area (Å²) in [4.78, 5) is 0. The summed E-state index contributed by atoms with van der Waals surface area (Å²) in [5.41, 5.74) is 1.25. The number of rotatable bonds is 5. The first-order valence-corrected chi connectivity index (χ1v) is 8.76. The zero-order valence-corrected chi connectivity index (χ0v) is 13.1. The zero-order chi connectivity index (χ0) is 15.3. The van der Waals surface area contributed by atoms with Gasteiger partial charge in [-0.2, -0.15) is 5.26 Å². The number of nitrogens with one attached hydrogen (secondary N) is 1. The van der Waals surface area contributed by atoms with E-state index in [2.05, 4.69) is 5.32 Å². The molecule has 1 atom stereocenters. The molecule has 1 N–H and O–H groups in total. The van der Waals surface area contributed by atoms with Crippen molar-refractivity contribution in [2.24, 2.45) is 5.92 Å². The molecular formula is C15H21N3O2S. The maximum Gasteiger partial charge on any atom is 0.218 e. The number of nitriles is 1. The smallest absolute Gasteiger partial charge is 0.218 e. The number of sulfonamides is 1. The topological polar surface area (TPSA) is 73.2 Å². The van der Waals surface area contributed by atoms with Gasteiger partial charge in [0.1, 0.15) is 0 Å². The summed E-state index contributed by atoms with van der Waals surface area (Å²) in [5.74, 6) is 0.370. The second kappa shape index (κ2) is 7.03. The minimum atomic E-state index is -3.31. The van der Waals surface area contributed by atoms with E-state index in [-0.39, 0.29) is 5.75 Å². The summed E-state index contributed by atoms with van der Waals surface area (Å²) in [6.07, 6.45) is 2.18. The molecule has 6 heteroatoms. The van der Waals surface area contributed by atoms with Gasteiger partial charge in [-0.1, -0.05) is 12.1 Å². The quantitative estimate of drug-likeness (QED) is 0.890. The Kier molecular flexibility index (Phi) is 5.34. The highest BCUT2D eigenvalue weighted by atomic mass is 32.2. The fourth-order valence-electron chi connectivity index (χ4n) is 2.55. The Bertz CT molecular complexity index is 599. The van der Waals surface area contributed by atoms with Crippen LogP contribution in [0.3, 0.4) is 0 Å². The maximum atomic E-state index is 12.4. The summed E-state index contributed by atoms with van der Waals surface area (Å²) >= 11 is 0. The van der Waals surface area contributed by atoms with E-state index in [1.807, 2.05) is 6.07 Å². The zero-order valence-electron chi connectivity index (χ0n) is 12.2. The summed E-state index contributed by atoms with van der Waals surface area (Å²) in [6.45, 7) is 2.47. The fraction of sp³-hybridized carbons (Fsp3) is 0.533. The van der Waals surface area contributed by atoms with Crippen LogP contribution in [0.4, 0.5) is 0 Å². The lowest BCUT2D eigenvalue weighted by Gasteiger charge is -2.27. The van der Waals surface area contributed by atoms with Crippen LogP contribution in [0.25, 0.3) is 0 Å². The van der Waals surface area contributed by atoms with Crippen molar-refractivity contribution in [3.63, 3.8) is 0 Å². The molecule has 1 aromatic carbocycles. The largest absolute Gasteiger partial charge is 0.316 e. The van der Waals surface area contributed by atoms with Crippen LogP contribution in [0.15, 0.2) is 24.3 Å². The van der Waals surface area contributed by atoms with Gasteiger partial charge in [0.05, 0.1) is 17.4 Å². The Labute approximate surface area is 126 Å². The number of nitrogens with zero attached hydrogens (tertiary/aromatic N) is 2. The first kappa shape index (κ1) is 16.0. The molecule has 0 saturated carbocycles. The molecule has 1 aliphatic rings. The first-order valence-electron chi connectivity index (χ1n) is 7.15. The van der Waals surface area contributed by atoms with Gasteiger partial charge >= 0.3 is 0 Å². The highest BCUT2D eigenvalue weighted by Crippen LogP contribution is 2.16. The van der Waals surface area contributed by atoms with E-state index in [0.717, 1.165) is 25.9 Å². The lowest BCUT2D eigenvalue weighted by atomic mass is 10.00. The number of hydrogen-bond acceptors (Lipinski definition) is 4. The molecule has 0 aromatic heterocycles. The summed E-state index contributed by atoms with van der Waals surface area (Å²) in [6, 6.07) is 8.73. The van der Waals surface area contributed by atoms with Crippen molar-refractivity contribution < 1.29 is 8.42 Å². The van der Waals surface area contributed by atoms with Gasteiger partial charge in [-0.25, -0.2) is 12.7 Å². The average Bonchev–Trinajstić information content (AvgIpc) is 2.48. The van der Waals surface area contributed by atoms with Crippen molar-refractivity contribution in [2.75, 3.05) is 26.7 Å². The molecule has 1 fully saturated rings. The van der Waals surface area contributed by atoms with E-state index in [4.69, 9.17) is 5.26 Å². The van der Waals surface area contributed by atoms with Crippen LogP contribution in [0.1, 0.15) is 24.0 Å². The van der Waals surface area contributed by atoms with Crippen LogP contribution in [-0.2, 0) is 15.8 Å². The van der Waals surface area contributed by atoms with Gasteiger partial charge in [-0.3, -0.25) is 0 Å². The molecule has 0 radical (unpaired) electrons.